The molecule has 0 saturated heterocycles. The molecule has 0 N–H and O–H groups in total. The lowest BCUT2D eigenvalue weighted by atomic mass is 10.00. The monoisotopic (exact) mass is 977 g/mol. The molecule has 3 heterocycles. The quantitative estimate of drug-likeness (QED) is 0.122. The fourth-order valence-corrected chi connectivity index (χ4v) is 10.6. The molecule has 0 aliphatic carbocycles. The number of hydrogen-bond acceptors (Lipinski definition) is 6. The van der Waals surface area contributed by atoms with Crippen LogP contribution in [-0.2, 0) is 0 Å². The Balaban J connectivity index is 0.881. The summed E-state index contributed by atoms with van der Waals surface area (Å²) in [6.07, 6.45) is 0. The summed E-state index contributed by atoms with van der Waals surface area (Å²) in [6.45, 7) is 0. The van der Waals surface area contributed by atoms with Gasteiger partial charge in [-0.25, -0.2) is 0 Å². The fourth-order valence-electron chi connectivity index (χ4n) is 10.6. The molecule has 0 fully saturated rings. The molecule has 0 amide bonds. The molecule has 14 aromatic rings. The zero-order valence-electron chi connectivity index (χ0n) is 41.2. The van der Waals surface area contributed by atoms with Crippen molar-refractivity contribution in [3.05, 3.63) is 285 Å². The van der Waals surface area contributed by atoms with Crippen molar-refractivity contribution in [3.8, 4) is 34.0 Å². The topological polar surface area (TPSA) is 49.1 Å². The number of para-hydroxylation sites is 6. The van der Waals surface area contributed by atoms with Gasteiger partial charge in [-0.2, -0.15) is 0 Å². The Labute approximate surface area is 439 Å². The van der Waals surface area contributed by atoms with Crippen molar-refractivity contribution < 1.29 is 13.3 Å². The standard InChI is InChI=1S/C70H47N3O3/c1-7-19-52(20-8-1)71(53-21-9-2-10-22-53)58-37-31-48(32-38-58)65-44-51-43-61-62(45-68(51)74-65)64-47-67(50-35-41-60(42-36-50)73(56-27-15-5-16-28-56)57-29-17-6-18-30-57)76-70(64)69-63(61)46-66(75-69)49-33-39-59(40-34-49)72(54-23-11-3-12-24-54)55-25-13-4-14-26-55/h1-47H. The van der Waals surface area contributed by atoms with Gasteiger partial charge in [-0.3, -0.25) is 0 Å². The molecule has 0 atom stereocenters. The predicted octanol–water partition coefficient (Wildman–Crippen LogP) is 20.5. The molecule has 0 bridgehead atoms. The van der Waals surface area contributed by atoms with Gasteiger partial charge in [0.2, 0.25) is 0 Å². The summed E-state index contributed by atoms with van der Waals surface area (Å²) in [4.78, 5) is 6.79. The summed E-state index contributed by atoms with van der Waals surface area (Å²) in [5, 5.41) is 4.97. The van der Waals surface area contributed by atoms with Crippen LogP contribution >= 0.6 is 0 Å². The van der Waals surface area contributed by atoms with E-state index in [9.17, 15) is 0 Å². The zero-order valence-corrected chi connectivity index (χ0v) is 41.2. The third kappa shape index (κ3) is 8.11. The molecule has 6 heteroatoms. The van der Waals surface area contributed by atoms with Gasteiger partial charge < -0.3 is 28.0 Å². The minimum absolute atomic E-state index is 0.682. The molecule has 0 saturated carbocycles. The lowest BCUT2D eigenvalue weighted by Gasteiger charge is -2.25. The van der Waals surface area contributed by atoms with Crippen LogP contribution in [-0.4, -0.2) is 0 Å². The number of hydrogen-bond donors (Lipinski definition) is 0. The average Bonchev–Trinajstić information content (AvgIpc) is 4.27. The SMILES string of the molecule is c1ccc(N(c2ccccc2)c2ccc(-c3cc4cc5c(cc4o3)c3cc(-c4ccc(N(c6ccccc6)c6ccccc6)cc4)oc3c3oc(-c4ccc(N(c6ccccc6)c6ccccc6)cc4)cc53)cc2)cc1. The second-order valence-electron chi connectivity index (χ2n) is 18.9. The van der Waals surface area contributed by atoms with Gasteiger partial charge in [-0.15, -0.1) is 0 Å². The van der Waals surface area contributed by atoms with Gasteiger partial charge in [-0.05, 0) is 187 Å². The lowest BCUT2D eigenvalue weighted by molar-refractivity contribution is 0.598. The van der Waals surface area contributed by atoms with E-state index in [1.807, 2.05) is 36.4 Å². The van der Waals surface area contributed by atoms with Crippen molar-refractivity contribution >= 4 is 94.9 Å². The van der Waals surface area contributed by atoms with E-state index in [1.165, 1.54) is 0 Å². The molecule has 11 aromatic carbocycles. The van der Waals surface area contributed by atoms with Gasteiger partial charge in [0.15, 0.2) is 11.2 Å². The highest BCUT2D eigenvalue weighted by atomic mass is 16.4. The van der Waals surface area contributed by atoms with Crippen molar-refractivity contribution in [3.63, 3.8) is 0 Å². The van der Waals surface area contributed by atoms with Crippen molar-refractivity contribution in [2.75, 3.05) is 14.7 Å². The third-order valence-corrected chi connectivity index (χ3v) is 14.2. The van der Waals surface area contributed by atoms with Crippen LogP contribution in [0.25, 0.3) is 77.7 Å². The maximum Gasteiger partial charge on any atom is 0.178 e. The van der Waals surface area contributed by atoms with E-state index in [2.05, 4.69) is 263 Å². The second kappa shape index (κ2) is 19.0. The number of fused-ring (bicyclic) bond motifs is 7. The van der Waals surface area contributed by atoms with E-state index >= 15 is 0 Å². The van der Waals surface area contributed by atoms with E-state index in [4.69, 9.17) is 13.3 Å². The minimum atomic E-state index is 0.682. The van der Waals surface area contributed by atoms with Crippen molar-refractivity contribution in [2.24, 2.45) is 0 Å². The molecule has 76 heavy (non-hydrogen) atoms. The predicted molar refractivity (Wildman–Crippen MR) is 314 cm³/mol. The van der Waals surface area contributed by atoms with E-state index < -0.39 is 0 Å². The van der Waals surface area contributed by atoms with E-state index in [0.717, 1.165) is 118 Å². The van der Waals surface area contributed by atoms with Crippen LogP contribution in [0.4, 0.5) is 51.2 Å². The number of furan rings is 3. The Hall–Kier alpha value is -10.3. The minimum Gasteiger partial charge on any atom is -0.456 e. The summed E-state index contributed by atoms with van der Waals surface area (Å²) in [6, 6.07) is 99.4. The highest BCUT2D eigenvalue weighted by Crippen LogP contribution is 2.46. The smallest absolute Gasteiger partial charge is 0.178 e. The molecule has 0 spiro atoms. The van der Waals surface area contributed by atoms with Gasteiger partial charge >= 0.3 is 0 Å². The molecule has 0 aliphatic heterocycles. The summed E-state index contributed by atoms with van der Waals surface area (Å²) in [5.74, 6) is 2.28. The molecule has 360 valence electrons. The Kier molecular flexibility index (Phi) is 11.1. The van der Waals surface area contributed by atoms with Gasteiger partial charge in [0.1, 0.15) is 22.9 Å². The lowest BCUT2D eigenvalue weighted by Crippen LogP contribution is -2.09. The van der Waals surface area contributed by atoms with Crippen LogP contribution in [0.3, 0.4) is 0 Å². The van der Waals surface area contributed by atoms with Crippen LogP contribution in [0.1, 0.15) is 0 Å². The second-order valence-corrected chi connectivity index (χ2v) is 18.9. The first kappa shape index (κ1) is 44.4. The summed E-state index contributed by atoms with van der Waals surface area (Å²) in [7, 11) is 0. The molecular formula is C70H47N3O3. The maximum atomic E-state index is 6.98. The summed E-state index contributed by atoms with van der Waals surface area (Å²) >= 11 is 0. The molecule has 0 radical (unpaired) electrons. The highest BCUT2D eigenvalue weighted by molar-refractivity contribution is 6.25. The molecule has 0 aliphatic rings. The molecule has 6 nitrogen and oxygen atoms in total. The Morgan fingerprint density at radius 1 is 0.211 bits per heavy atom. The van der Waals surface area contributed by atoms with E-state index in [-0.39, 0.29) is 0 Å². The Bertz CT molecular complexity index is 3960. The average molecular weight is 978 g/mol. The number of benzene rings is 11. The molecule has 0 unspecified atom stereocenters. The third-order valence-electron chi connectivity index (χ3n) is 14.2. The van der Waals surface area contributed by atoms with Crippen molar-refractivity contribution in [1.82, 2.24) is 0 Å². The first-order valence-electron chi connectivity index (χ1n) is 25.6. The largest absolute Gasteiger partial charge is 0.456 e. The fraction of sp³-hybridized carbons (Fsp3) is 0. The first-order chi connectivity index (χ1) is 37.7. The van der Waals surface area contributed by atoms with Crippen LogP contribution in [0, 0.1) is 0 Å². The first-order valence-corrected chi connectivity index (χ1v) is 25.6. The summed E-state index contributed by atoms with van der Waals surface area (Å²) < 4.78 is 20.7. The number of anilines is 9. The zero-order chi connectivity index (χ0) is 50.4. The molecule has 14 rings (SSSR count). The molecule has 3 aromatic heterocycles. The number of rotatable bonds is 12. The van der Waals surface area contributed by atoms with E-state index in [1.54, 1.807) is 0 Å². The normalized spacial score (nSPS) is 11.4. The van der Waals surface area contributed by atoms with Crippen molar-refractivity contribution in [1.29, 1.82) is 0 Å². The number of nitrogens with zero attached hydrogens (tertiary/aromatic N) is 3. The van der Waals surface area contributed by atoms with Gasteiger partial charge in [0, 0.05) is 84.0 Å². The van der Waals surface area contributed by atoms with Crippen LogP contribution in [0.5, 0.6) is 0 Å². The van der Waals surface area contributed by atoms with Gasteiger partial charge in [0.05, 0.1) is 0 Å². The molecular weight excluding hydrogens is 931 g/mol. The van der Waals surface area contributed by atoms with Gasteiger partial charge in [0.25, 0.3) is 0 Å². The van der Waals surface area contributed by atoms with Crippen LogP contribution in [0.15, 0.2) is 298 Å². The van der Waals surface area contributed by atoms with Gasteiger partial charge in [-0.1, -0.05) is 109 Å². The maximum absolute atomic E-state index is 6.98. The van der Waals surface area contributed by atoms with Crippen LogP contribution in [0.2, 0.25) is 0 Å². The van der Waals surface area contributed by atoms with Crippen LogP contribution < -0.4 is 14.7 Å². The van der Waals surface area contributed by atoms with E-state index in [0.29, 0.717) is 11.2 Å². The Morgan fingerprint density at radius 3 is 0.776 bits per heavy atom. The van der Waals surface area contributed by atoms with Crippen molar-refractivity contribution in [2.45, 2.75) is 0 Å². The highest BCUT2D eigenvalue weighted by Gasteiger charge is 2.23. The summed E-state index contributed by atoms with van der Waals surface area (Å²) in [5.41, 5.74) is 14.7. The Morgan fingerprint density at radius 2 is 0.474 bits per heavy atom.